The van der Waals surface area contributed by atoms with Gasteiger partial charge in [-0.3, -0.25) is 0 Å². The molecule has 1 nitrogen and oxygen atoms in total. The molecular weight excluding hydrogens is 278 g/mol. The van der Waals surface area contributed by atoms with E-state index in [1.165, 1.54) is 53.9 Å². The molecule has 0 atom stereocenters. The smallest absolute Gasteiger partial charge is 0.0464 e. The summed E-state index contributed by atoms with van der Waals surface area (Å²) in [7, 11) is 0. The lowest BCUT2D eigenvalue weighted by Gasteiger charge is -2.28. The highest BCUT2D eigenvalue weighted by atomic mass is 14.7. The molecule has 0 amide bonds. The van der Waals surface area contributed by atoms with Gasteiger partial charge in [0.1, 0.15) is 0 Å². The topological polar surface area (TPSA) is 15.8 Å². The highest BCUT2D eigenvalue weighted by Crippen LogP contribution is 2.34. The number of aromatic nitrogens is 1. The number of nitrogens with one attached hydrogen (secondary N) is 1. The van der Waals surface area contributed by atoms with Gasteiger partial charge in [0.05, 0.1) is 0 Å². The maximum atomic E-state index is 3.38. The normalized spacial score (nSPS) is 16.2. The van der Waals surface area contributed by atoms with E-state index >= 15 is 0 Å². The van der Waals surface area contributed by atoms with E-state index in [-0.39, 0.29) is 0 Å². The van der Waals surface area contributed by atoms with Crippen LogP contribution in [0.1, 0.15) is 59.8 Å². The number of aromatic amines is 1. The summed E-state index contributed by atoms with van der Waals surface area (Å²) in [6, 6.07) is 16.8. The first-order valence-electron chi connectivity index (χ1n) is 9.11. The van der Waals surface area contributed by atoms with Crippen molar-refractivity contribution in [2.24, 2.45) is 5.41 Å². The second-order valence-electron chi connectivity index (χ2n) is 6.94. The molecule has 1 heteroatoms. The summed E-state index contributed by atoms with van der Waals surface area (Å²) in [5.74, 6) is 0. The molecular formula is C22H31N. The van der Waals surface area contributed by atoms with Gasteiger partial charge in [0.2, 0.25) is 0 Å². The van der Waals surface area contributed by atoms with Gasteiger partial charge in [-0.1, -0.05) is 83.4 Å². The average Bonchev–Trinajstić information content (AvgIpc) is 2.96. The van der Waals surface area contributed by atoms with Crippen molar-refractivity contribution in [2.45, 2.75) is 59.8 Å². The van der Waals surface area contributed by atoms with Crippen LogP contribution in [0.25, 0.3) is 21.8 Å². The van der Waals surface area contributed by atoms with Crippen molar-refractivity contribution in [1.29, 1.82) is 0 Å². The number of hydrogen-bond donors (Lipinski definition) is 1. The summed E-state index contributed by atoms with van der Waals surface area (Å²) >= 11 is 0. The lowest BCUT2D eigenvalue weighted by molar-refractivity contribution is 0.244. The molecule has 124 valence electrons. The van der Waals surface area contributed by atoms with Crippen LogP contribution in [0.15, 0.2) is 48.5 Å². The number of rotatable bonds is 0. The molecule has 23 heavy (non-hydrogen) atoms. The Morgan fingerprint density at radius 3 is 1.52 bits per heavy atom. The van der Waals surface area contributed by atoms with E-state index in [4.69, 9.17) is 0 Å². The van der Waals surface area contributed by atoms with Crippen LogP contribution in [0.5, 0.6) is 0 Å². The largest absolute Gasteiger partial charge is 0.355 e. The number of H-pyrrole nitrogens is 1. The van der Waals surface area contributed by atoms with Crippen molar-refractivity contribution in [3.8, 4) is 0 Å². The standard InChI is InChI=1S/C12H9N.C8H16.C2H6/c1-3-7-11-9(5-1)10-6-2-4-8-12(10)13-11;1-8(2)6-4-3-5-7-8;1-2/h1-8,13H;3-7H2,1-2H3;1-2H3. The zero-order chi connectivity index (χ0) is 16.7. The van der Waals surface area contributed by atoms with Crippen molar-refractivity contribution in [2.75, 3.05) is 0 Å². The van der Waals surface area contributed by atoms with E-state index in [1.807, 2.05) is 13.8 Å². The third kappa shape index (κ3) is 4.60. The molecule has 0 aliphatic heterocycles. The minimum Gasteiger partial charge on any atom is -0.355 e. The molecule has 1 N–H and O–H groups in total. The van der Waals surface area contributed by atoms with Crippen molar-refractivity contribution < 1.29 is 0 Å². The molecule has 0 radical (unpaired) electrons. The molecule has 1 saturated carbocycles. The summed E-state index contributed by atoms with van der Waals surface area (Å²) in [5.41, 5.74) is 3.10. The van der Waals surface area contributed by atoms with E-state index in [2.05, 4.69) is 67.4 Å². The Morgan fingerprint density at radius 1 is 0.696 bits per heavy atom. The van der Waals surface area contributed by atoms with Gasteiger partial charge < -0.3 is 4.98 Å². The van der Waals surface area contributed by atoms with Crippen LogP contribution < -0.4 is 0 Å². The molecule has 1 aromatic heterocycles. The van der Waals surface area contributed by atoms with Crippen molar-refractivity contribution in [3.05, 3.63) is 48.5 Å². The van der Waals surface area contributed by atoms with E-state index < -0.39 is 0 Å². The summed E-state index contributed by atoms with van der Waals surface area (Å²) in [6.07, 6.45) is 7.31. The van der Waals surface area contributed by atoms with Gasteiger partial charge in [0, 0.05) is 21.8 Å². The zero-order valence-corrected chi connectivity index (χ0v) is 15.2. The number of benzene rings is 2. The van der Waals surface area contributed by atoms with Gasteiger partial charge in [0.25, 0.3) is 0 Å². The molecule has 0 spiro atoms. The quantitative estimate of drug-likeness (QED) is 0.447. The van der Waals surface area contributed by atoms with Gasteiger partial charge in [-0.25, -0.2) is 0 Å². The van der Waals surface area contributed by atoms with Gasteiger partial charge >= 0.3 is 0 Å². The molecule has 0 unspecified atom stereocenters. The third-order valence-electron chi connectivity index (χ3n) is 4.62. The Kier molecular flexibility index (Phi) is 6.27. The highest BCUT2D eigenvalue weighted by Gasteiger charge is 2.19. The van der Waals surface area contributed by atoms with Crippen LogP contribution in [-0.2, 0) is 0 Å². The monoisotopic (exact) mass is 309 g/mol. The Hall–Kier alpha value is -1.76. The van der Waals surface area contributed by atoms with Crippen LogP contribution in [0.2, 0.25) is 0 Å². The summed E-state index contributed by atoms with van der Waals surface area (Å²) in [5, 5.41) is 2.61. The highest BCUT2D eigenvalue weighted by molar-refractivity contribution is 6.06. The minimum atomic E-state index is 0.679. The van der Waals surface area contributed by atoms with Gasteiger partial charge in [-0.15, -0.1) is 0 Å². The van der Waals surface area contributed by atoms with E-state index in [0.717, 1.165) is 0 Å². The Bertz CT molecular complexity index is 663. The molecule has 4 rings (SSSR count). The number of fused-ring (bicyclic) bond motifs is 3. The van der Waals surface area contributed by atoms with Crippen molar-refractivity contribution in [1.82, 2.24) is 4.98 Å². The van der Waals surface area contributed by atoms with Crippen molar-refractivity contribution >= 4 is 21.8 Å². The Balaban J connectivity index is 0.000000166. The molecule has 1 heterocycles. The average molecular weight is 309 g/mol. The lowest BCUT2D eigenvalue weighted by Crippen LogP contribution is -2.14. The number of hydrogen-bond acceptors (Lipinski definition) is 0. The van der Waals surface area contributed by atoms with Crippen LogP contribution in [-0.4, -0.2) is 4.98 Å². The third-order valence-corrected chi connectivity index (χ3v) is 4.62. The maximum Gasteiger partial charge on any atom is 0.0464 e. The Labute approximate surface area is 141 Å². The lowest BCUT2D eigenvalue weighted by atomic mass is 9.78. The predicted molar refractivity (Wildman–Crippen MR) is 104 cm³/mol. The fraction of sp³-hybridized carbons (Fsp3) is 0.455. The summed E-state index contributed by atoms with van der Waals surface area (Å²) in [6.45, 7) is 8.76. The van der Waals surface area contributed by atoms with E-state index in [1.54, 1.807) is 0 Å². The van der Waals surface area contributed by atoms with E-state index in [0.29, 0.717) is 5.41 Å². The van der Waals surface area contributed by atoms with Crippen LogP contribution in [0, 0.1) is 5.41 Å². The Morgan fingerprint density at radius 2 is 1.13 bits per heavy atom. The fourth-order valence-corrected chi connectivity index (χ4v) is 3.31. The first kappa shape index (κ1) is 17.6. The number of para-hydroxylation sites is 2. The van der Waals surface area contributed by atoms with Gasteiger partial charge in [-0.05, 0) is 30.4 Å². The molecule has 3 aromatic rings. The summed E-state index contributed by atoms with van der Waals surface area (Å²) in [4.78, 5) is 3.38. The minimum absolute atomic E-state index is 0.679. The van der Waals surface area contributed by atoms with Crippen LogP contribution in [0.3, 0.4) is 0 Å². The predicted octanol–water partition coefficient (Wildman–Crippen LogP) is 7.32. The SMILES string of the molecule is CC.CC1(C)CCCCC1.c1ccc2c(c1)[nH]c1ccccc12. The summed E-state index contributed by atoms with van der Waals surface area (Å²) < 4.78 is 0. The van der Waals surface area contributed by atoms with Gasteiger partial charge in [-0.2, -0.15) is 0 Å². The van der Waals surface area contributed by atoms with Gasteiger partial charge in [0.15, 0.2) is 0 Å². The van der Waals surface area contributed by atoms with Crippen LogP contribution >= 0.6 is 0 Å². The zero-order valence-electron chi connectivity index (χ0n) is 15.2. The second kappa shape index (κ2) is 8.19. The first-order chi connectivity index (χ1) is 11.2. The second-order valence-corrected chi connectivity index (χ2v) is 6.94. The first-order valence-corrected chi connectivity index (χ1v) is 9.11. The fourth-order valence-electron chi connectivity index (χ4n) is 3.31. The van der Waals surface area contributed by atoms with Crippen LogP contribution in [0.4, 0.5) is 0 Å². The molecule has 1 aliphatic carbocycles. The molecule has 2 aromatic carbocycles. The maximum absolute atomic E-state index is 3.38. The molecule has 1 aliphatic rings. The molecule has 0 saturated heterocycles. The van der Waals surface area contributed by atoms with Crippen molar-refractivity contribution in [3.63, 3.8) is 0 Å². The molecule has 1 fully saturated rings. The molecule has 0 bridgehead atoms. The van der Waals surface area contributed by atoms with E-state index in [9.17, 15) is 0 Å².